The Labute approximate surface area is 147 Å². The molecule has 134 valence electrons. The fraction of sp³-hybridized carbons (Fsp3) is 0.421. The second-order valence-corrected chi connectivity index (χ2v) is 7.23. The largest absolute Gasteiger partial charge is 0.487 e. The predicted molar refractivity (Wildman–Crippen MR) is 93.3 cm³/mol. The molecule has 0 fully saturated rings. The third kappa shape index (κ3) is 3.96. The first kappa shape index (κ1) is 17.4. The van der Waals surface area contributed by atoms with Crippen LogP contribution < -0.4 is 15.4 Å². The molecule has 2 heterocycles. The molecule has 1 aromatic heterocycles. The summed E-state index contributed by atoms with van der Waals surface area (Å²) in [5.74, 6) is 1.19. The van der Waals surface area contributed by atoms with Crippen molar-refractivity contribution in [1.29, 1.82) is 0 Å². The number of nitrogens with one attached hydrogen (secondary N) is 2. The first-order chi connectivity index (χ1) is 11.8. The highest BCUT2D eigenvalue weighted by atomic mass is 16.5. The first-order valence-corrected chi connectivity index (χ1v) is 8.35. The van der Waals surface area contributed by atoms with Crippen LogP contribution in [0, 0.1) is 0 Å². The molecule has 2 unspecified atom stereocenters. The summed E-state index contributed by atoms with van der Waals surface area (Å²) in [5.41, 5.74) is -0.686. The van der Waals surface area contributed by atoms with Crippen molar-refractivity contribution in [1.82, 2.24) is 10.6 Å². The number of rotatable bonds is 4. The number of benzene rings is 1. The van der Waals surface area contributed by atoms with Gasteiger partial charge in [-0.05, 0) is 39.0 Å². The van der Waals surface area contributed by atoms with E-state index in [1.807, 2.05) is 38.1 Å². The molecule has 2 aromatic rings. The Balaban J connectivity index is 1.65. The average molecular weight is 344 g/mol. The fourth-order valence-corrected chi connectivity index (χ4v) is 3.06. The van der Waals surface area contributed by atoms with Crippen LogP contribution in [0.3, 0.4) is 0 Å². The van der Waals surface area contributed by atoms with E-state index < -0.39 is 5.60 Å². The number of urea groups is 1. The molecule has 0 radical (unpaired) electrons. The van der Waals surface area contributed by atoms with Crippen molar-refractivity contribution in [3.8, 4) is 5.75 Å². The Kier molecular flexibility index (Phi) is 4.47. The summed E-state index contributed by atoms with van der Waals surface area (Å²) in [6, 6.07) is 10.6. The Morgan fingerprint density at radius 3 is 2.80 bits per heavy atom. The quantitative estimate of drug-likeness (QED) is 0.796. The lowest BCUT2D eigenvalue weighted by atomic mass is 9.90. The number of carbonyl (C=O) groups excluding carboxylic acids is 1. The summed E-state index contributed by atoms with van der Waals surface area (Å²) in [6.45, 7) is 5.63. The van der Waals surface area contributed by atoms with Crippen LogP contribution in [0.4, 0.5) is 4.79 Å². The van der Waals surface area contributed by atoms with Gasteiger partial charge in [-0.25, -0.2) is 4.79 Å². The molecule has 1 aromatic carbocycles. The number of aliphatic hydroxyl groups is 1. The van der Waals surface area contributed by atoms with Gasteiger partial charge in [0.2, 0.25) is 0 Å². The maximum Gasteiger partial charge on any atom is 0.315 e. The first-order valence-electron chi connectivity index (χ1n) is 8.35. The summed E-state index contributed by atoms with van der Waals surface area (Å²) in [4.78, 5) is 12.3. The summed E-state index contributed by atoms with van der Waals surface area (Å²) < 4.78 is 11.2. The molecule has 6 nitrogen and oxygen atoms in total. The van der Waals surface area contributed by atoms with E-state index in [0.717, 1.165) is 11.3 Å². The Morgan fingerprint density at radius 2 is 2.08 bits per heavy atom. The molecular weight excluding hydrogens is 320 g/mol. The maximum atomic E-state index is 12.3. The van der Waals surface area contributed by atoms with Crippen molar-refractivity contribution in [2.75, 3.05) is 6.54 Å². The van der Waals surface area contributed by atoms with Gasteiger partial charge in [0, 0.05) is 12.0 Å². The van der Waals surface area contributed by atoms with Crippen LogP contribution in [0.2, 0.25) is 0 Å². The molecule has 2 atom stereocenters. The van der Waals surface area contributed by atoms with Crippen LogP contribution in [-0.4, -0.2) is 23.3 Å². The van der Waals surface area contributed by atoms with Crippen molar-refractivity contribution in [2.45, 2.75) is 44.4 Å². The number of furan rings is 1. The van der Waals surface area contributed by atoms with E-state index in [4.69, 9.17) is 9.15 Å². The van der Waals surface area contributed by atoms with Crippen LogP contribution in [0.5, 0.6) is 5.75 Å². The summed E-state index contributed by atoms with van der Waals surface area (Å²) >= 11 is 0. The van der Waals surface area contributed by atoms with Crippen molar-refractivity contribution in [3.63, 3.8) is 0 Å². The van der Waals surface area contributed by atoms with Gasteiger partial charge in [-0.1, -0.05) is 18.2 Å². The lowest BCUT2D eigenvalue weighted by molar-refractivity contribution is 0.0360. The van der Waals surface area contributed by atoms with Crippen molar-refractivity contribution >= 4 is 6.03 Å². The topological polar surface area (TPSA) is 83.7 Å². The second-order valence-electron chi connectivity index (χ2n) is 7.23. The molecule has 1 aliphatic rings. The SMILES string of the molecule is CC1(C)CC(NC(=O)NCC(C)(O)c2ccco2)c2ccccc2O1. The minimum Gasteiger partial charge on any atom is -0.487 e. The van der Waals surface area contributed by atoms with E-state index in [9.17, 15) is 9.90 Å². The van der Waals surface area contributed by atoms with E-state index in [1.54, 1.807) is 19.1 Å². The zero-order chi connectivity index (χ0) is 18.1. The standard InChI is InChI=1S/C19H24N2O4/c1-18(2)11-14(13-7-4-5-8-15(13)25-18)21-17(22)20-12-19(3,23)16-9-6-10-24-16/h4-10,14,23H,11-12H2,1-3H3,(H2,20,21,22). The molecule has 0 bridgehead atoms. The fourth-order valence-electron chi connectivity index (χ4n) is 3.06. The number of amides is 2. The number of para-hydroxylation sites is 1. The van der Waals surface area contributed by atoms with Gasteiger partial charge in [0.25, 0.3) is 0 Å². The molecule has 3 N–H and O–H groups in total. The maximum absolute atomic E-state index is 12.3. The van der Waals surface area contributed by atoms with E-state index in [-0.39, 0.29) is 24.2 Å². The highest BCUT2D eigenvalue weighted by Crippen LogP contribution is 2.39. The van der Waals surface area contributed by atoms with Gasteiger partial charge in [-0.2, -0.15) is 0 Å². The number of hydrogen-bond donors (Lipinski definition) is 3. The van der Waals surface area contributed by atoms with Gasteiger partial charge >= 0.3 is 6.03 Å². The van der Waals surface area contributed by atoms with E-state index in [1.165, 1.54) is 6.26 Å². The van der Waals surface area contributed by atoms with Gasteiger partial charge in [0.05, 0.1) is 18.8 Å². The molecule has 0 saturated heterocycles. The molecule has 0 saturated carbocycles. The smallest absolute Gasteiger partial charge is 0.315 e. The highest BCUT2D eigenvalue weighted by molar-refractivity contribution is 5.74. The van der Waals surface area contributed by atoms with Crippen LogP contribution in [0.1, 0.15) is 44.6 Å². The molecule has 25 heavy (non-hydrogen) atoms. The van der Waals surface area contributed by atoms with Crippen LogP contribution in [0.25, 0.3) is 0 Å². The van der Waals surface area contributed by atoms with Crippen LogP contribution in [0.15, 0.2) is 47.1 Å². The lowest BCUT2D eigenvalue weighted by Gasteiger charge is -2.38. The van der Waals surface area contributed by atoms with Crippen LogP contribution >= 0.6 is 0 Å². The molecular formula is C19H24N2O4. The normalized spacial score (nSPS) is 20.7. The zero-order valence-corrected chi connectivity index (χ0v) is 14.7. The van der Waals surface area contributed by atoms with Gasteiger partial charge in [0.15, 0.2) is 0 Å². The van der Waals surface area contributed by atoms with Gasteiger partial charge < -0.3 is 24.9 Å². The summed E-state index contributed by atoms with van der Waals surface area (Å²) in [5, 5.41) is 16.1. The second kappa shape index (κ2) is 6.44. The molecule has 1 aliphatic heterocycles. The molecule has 2 amide bonds. The van der Waals surface area contributed by atoms with Crippen molar-refractivity contribution < 1.29 is 19.1 Å². The summed E-state index contributed by atoms with van der Waals surface area (Å²) in [6.07, 6.45) is 2.15. The van der Waals surface area contributed by atoms with E-state index in [0.29, 0.717) is 12.2 Å². The van der Waals surface area contributed by atoms with Gasteiger partial charge in [-0.15, -0.1) is 0 Å². The zero-order valence-electron chi connectivity index (χ0n) is 14.7. The minimum absolute atomic E-state index is 0.0423. The molecule has 3 rings (SSSR count). The highest BCUT2D eigenvalue weighted by Gasteiger charge is 2.34. The van der Waals surface area contributed by atoms with Crippen molar-refractivity contribution in [3.05, 3.63) is 54.0 Å². The van der Waals surface area contributed by atoms with Crippen LogP contribution in [-0.2, 0) is 5.60 Å². The molecule has 0 spiro atoms. The molecule has 0 aliphatic carbocycles. The third-order valence-corrected chi connectivity index (χ3v) is 4.33. The lowest BCUT2D eigenvalue weighted by Crippen LogP contribution is -2.47. The molecule has 6 heteroatoms. The minimum atomic E-state index is -1.27. The average Bonchev–Trinajstić information content (AvgIpc) is 3.07. The Hall–Kier alpha value is -2.47. The van der Waals surface area contributed by atoms with E-state index in [2.05, 4.69) is 10.6 Å². The Morgan fingerprint density at radius 1 is 1.32 bits per heavy atom. The van der Waals surface area contributed by atoms with Gasteiger partial charge in [-0.3, -0.25) is 0 Å². The van der Waals surface area contributed by atoms with Crippen molar-refractivity contribution in [2.24, 2.45) is 0 Å². The van der Waals surface area contributed by atoms with Gasteiger partial charge in [0.1, 0.15) is 22.7 Å². The monoisotopic (exact) mass is 344 g/mol. The number of fused-ring (bicyclic) bond motifs is 1. The van der Waals surface area contributed by atoms with E-state index >= 15 is 0 Å². The number of ether oxygens (including phenoxy) is 1. The Bertz CT molecular complexity index is 738. The third-order valence-electron chi connectivity index (χ3n) is 4.33. The summed E-state index contributed by atoms with van der Waals surface area (Å²) in [7, 11) is 0. The number of carbonyl (C=O) groups is 1. The number of hydrogen-bond acceptors (Lipinski definition) is 4. The predicted octanol–water partition coefficient (Wildman–Crippen LogP) is 3.09.